The molecule has 0 spiro atoms. The first-order valence-corrected chi connectivity index (χ1v) is 7.65. The Kier molecular flexibility index (Phi) is 2.63. The van der Waals surface area contributed by atoms with Crippen molar-refractivity contribution in [3.8, 4) is 12.1 Å². The highest BCUT2D eigenvalue weighted by Crippen LogP contribution is 2.26. The Morgan fingerprint density at radius 3 is 2.54 bits per heavy atom. The molecule has 136 valence electrons. The van der Waals surface area contributed by atoms with Gasteiger partial charge in [-0.25, -0.2) is 4.98 Å². The van der Waals surface area contributed by atoms with E-state index in [0.717, 1.165) is 12.1 Å². The van der Waals surface area contributed by atoms with Gasteiger partial charge >= 0.3 is 0 Å². The van der Waals surface area contributed by atoms with Crippen molar-refractivity contribution in [2.45, 2.75) is 13.7 Å². The van der Waals surface area contributed by atoms with E-state index in [1.54, 1.807) is 6.07 Å². The van der Waals surface area contributed by atoms with Crippen LogP contribution in [0.15, 0.2) is 54.6 Å². The second-order valence-electron chi connectivity index (χ2n) is 5.21. The van der Waals surface area contributed by atoms with E-state index >= 15 is 0 Å². The minimum Gasteiger partial charge on any atom is -0.340 e. The van der Waals surface area contributed by atoms with E-state index in [2.05, 4.69) is 20.6 Å². The molecule has 0 aliphatic rings. The van der Waals surface area contributed by atoms with E-state index in [1.807, 2.05) is 0 Å². The highest BCUT2D eigenvalue weighted by atomic mass is 15.1. The fourth-order valence-electron chi connectivity index (χ4n) is 2.12. The maximum absolute atomic E-state index is 9.06. The van der Waals surface area contributed by atoms with Crippen LogP contribution in [0.3, 0.4) is 0 Å². The standard InChI is InChI=1S/C22H18N6/c1-15-12-18(4-3-10-23)13-16(2)21(15)27-20-9-11-25-22(28-20)26-19-7-5-17(14-24)6-8-19/h3-9,11-13H,1-2H3,(H2,25,26,27,28)/b4-3+/i1D3,2D3,3D,4D,5D,6D,9D,11D. The Labute approximate surface area is 180 Å². The van der Waals surface area contributed by atoms with Crippen LogP contribution >= 0.6 is 0 Å². The molecule has 1 heterocycles. The predicted octanol–water partition coefficient (Wildman–Crippen LogP) is 4.99. The topological polar surface area (TPSA) is 97.4 Å². The van der Waals surface area contributed by atoms with Crippen LogP contribution in [0.2, 0.25) is 0 Å². The van der Waals surface area contributed by atoms with Gasteiger partial charge in [0.1, 0.15) is 5.82 Å². The van der Waals surface area contributed by atoms with Gasteiger partial charge in [0.05, 0.1) is 25.9 Å². The lowest BCUT2D eigenvalue weighted by molar-refractivity contribution is 1.16. The number of nitrogens with zero attached hydrogens (tertiary/aromatic N) is 4. The number of aryl methyl sites for hydroxylation is 2. The lowest BCUT2D eigenvalue weighted by atomic mass is 10.0. The van der Waals surface area contributed by atoms with Crippen LogP contribution < -0.4 is 10.6 Å². The zero-order chi connectivity index (χ0) is 30.2. The third-order valence-corrected chi connectivity index (χ3v) is 3.31. The van der Waals surface area contributed by atoms with Gasteiger partial charge in [0, 0.05) is 31.8 Å². The smallest absolute Gasteiger partial charge is 0.229 e. The van der Waals surface area contributed by atoms with Crippen LogP contribution in [-0.4, -0.2) is 9.97 Å². The van der Waals surface area contributed by atoms with Crippen molar-refractivity contribution in [3.05, 3.63) is 76.9 Å². The second-order valence-corrected chi connectivity index (χ2v) is 5.21. The van der Waals surface area contributed by atoms with Crippen molar-refractivity contribution in [2.24, 2.45) is 0 Å². The Morgan fingerprint density at radius 1 is 1.14 bits per heavy atom. The first-order chi connectivity index (χ1) is 18.5. The zero-order valence-electron chi connectivity index (χ0n) is 26.1. The Bertz CT molecular complexity index is 1550. The molecule has 0 radical (unpaired) electrons. The number of benzene rings is 2. The number of hydrogen-bond acceptors (Lipinski definition) is 6. The molecule has 0 atom stereocenters. The molecular weight excluding hydrogens is 348 g/mol. The molecule has 3 aromatic rings. The lowest BCUT2D eigenvalue weighted by Crippen LogP contribution is -2.02. The number of aromatic nitrogens is 2. The molecule has 2 N–H and O–H groups in total. The fraction of sp³-hybridized carbons (Fsp3) is 0.0909. The average Bonchev–Trinajstić information content (AvgIpc) is 2.84. The normalized spacial score (nSPS) is 18.1. The molecule has 0 amide bonds. The van der Waals surface area contributed by atoms with Crippen molar-refractivity contribution in [1.82, 2.24) is 9.97 Å². The number of anilines is 4. The maximum Gasteiger partial charge on any atom is 0.229 e. The van der Waals surface area contributed by atoms with Gasteiger partial charge < -0.3 is 10.6 Å². The van der Waals surface area contributed by atoms with Crippen molar-refractivity contribution in [1.29, 1.82) is 10.5 Å². The van der Waals surface area contributed by atoms with Crippen molar-refractivity contribution < 1.29 is 16.4 Å². The molecule has 28 heavy (non-hydrogen) atoms. The predicted molar refractivity (Wildman–Crippen MR) is 110 cm³/mol. The Morgan fingerprint density at radius 2 is 1.89 bits per heavy atom. The molecule has 0 saturated heterocycles. The minimum absolute atomic E-state index is 0.103. The van der Waals surface area contributed by atoms with Gasteiger partial charge in [0.15, 0.2) is 0 Å². The van der Waals surface area contributed by atoms with Crippen LogP contribution in [0.1, 0.15) is 38.7 Å². The molecule has 0 bridgehead atoms. The Balaban J connectivity index is 2.22. The molecular formula is C22H18N6. The summed E-state index contributed by atoms with van der Waals surface area (Å²) in [6, 6.07) is 4.79. The van der Waals surface area contributed by atoms with Crippen LogP contribution in [0, 0.1) is 36.4 Å². The maximum atomic E-state index is 9.06. The summed E-state index contributed by atoms with van der Waals surface area (Å²) in [6.45, 7) is -5.93. The summed E-state index contributed by atoms with van der Waals surface area (Å²) in [7, 11) is 0. The number of nitrogens with one attached hydrogen (secondary N) is 2. The first kappa shape index (κ1) is 8.69. The molecule has 0 unspecified atom stereocenters. The number of nitriles is 2. The van der Waals surface area contributed by atoms with Gasteiger partial charge in [0.25, 0.3) is 0 Å². The fourth-order valence-corrected chi connectivity index (χ4v) is 2.12. The monoisotopic (exact) mass is 378 g/mol. The average molecular weight is 379 g/mol. The van der Waals surface area contributed by atoms with Crippen LogP contribution in [0.4, 0.5) is 23.1 Å². The summed E-state index contributed by atoms with van der Waals surface area (Å²) in [4.78, 5) is 7.86. The summed E-state index contributed by atoms with van der Waals surface area (Å²) in [5, 5.41) is 23.2. The SMILES string of the molecule is [2H]/C(C#N)=C(/[2H])c1cc(C([2H])([2H])[2H])c(Nc2nc(Nc3cc([2H])c(C#N)c([2H])c3)nc([2H])c2[2H])c(C([2H])([2H])[2H])c1. The van der Waals surface area contributed by atoms with E-state index in [0.29, 0.717) is 0 Å². The minimum atomic E-state index is -2.97. The number of hydrogen-bond donors (Lipinski definition) is 2. The largest absolute Gasteiger partial charge is 0.340 e. The molecule has 0 saturated carbocycles. The first-order valence-electron chi connectivity index (χ1n) is 13.7. The van der Waals surface area contributed by atoms with Crippen LogP contribution in [0.5, 0.6) is 0 Å². The highest BCUT2D eigenvalue weighted by Gasteiger charge is 2.07. The summed E-state index contributed by atoms with van der Waals surface area (Å²) in [5.74, 6) is -0.782. The zero-order valence-corrected chi connectivity index (χ0v) is 14.1. The molecule has 0 fully saturated rings. The van der Waals surface area contributed by atoms with E-state index in [-0.39, 0.29) is 34.8 Å². The summed E-state index contributed by atoms with van der Waals surface area (Å²) >= 11 is 0. The molecule has 3 rings (SSSR count). The van der Waals surface area contributed by atoms with Crippen LogP contribution in [0.25, 0.3) is 6.05 Å². The Hall–Kier alpha value is -4.16. The molecule has 0 aliphatic heterocycles. The van der Waals surface area contributed by atoms with Gasteiger partial charge in [-0.2, -0.15) is 15.5 Å². The number of rotatable bonds is 5. The third-order valence-electron chi connectivity index (χ3n) is 3.31. The van der Waals surface area contributed by atoms with Crippen molar-refractivity contribution >= 4 is 29.2 Å². The van der Waals surface area contributed by atoms with E-state index in [1.165, 1.54) is 18.2 Å². The highest BCUT2D eigenvalue weighted by molar-refractivity contribution is 5.69. The summed E-state index contributed by atoms with van der Waals surface area (Å²) < 4.78 is 95.4. The summed E-state index contributed by atoms with van der Waals surface area (Å²) in [6.07, 6.45) is -0.641. The molecule has 1 aromatic heterocycles. The van der Waals surface area contributed by atoms with Gasteiger partial charge in [-0.3, -0.25) is 0 Å². The van der Waals surface area contributed by atoms with Gasteiger partial charge in [-0.1, -0.05) is 0 Å². The molecule has 6 heteroatoms. The molecule has 2 aromatic carbocycles. The quantitative estimate of drug-likeness (QED) is 0.607. The van der Waals surface area contributed by atoms with Gasteiger partial charge in [-0.15, -0.1) is 0 Å². The van der Waals surface area contributed by atoms with Crippen LogP contribution in [-0.2, 0) is 0 Å². The van der Waals surface area contributed by atoms with E-state index < -0.39 is 60.7 Å². The van der Waals surface area contributed by atoms with E-state index in [9.17, 15) is 0 Å². The lowest BCUT2D eigenvalue weighted by Gasteiger charge is -2.14. The van der Waals surface area contributed by atoms with Gasteiger partial charge in [0.2, 0.25) is 5.95 Å². The number of allylic oxidation sites excluding steroid dienone is 1. The molecule has 0 aliphatic carbocycles. The van der Waals surface area contributed by atoms with E-state index in [4.69, 9.17) is 27.0 Å². The molecule has 6 nitrogen and oxygen atoms in total. The third kappa shape index (κ3) is 4.51. The second kappa shape index (κ2) is 8.48. The van der Waals surface area contributed by atoms with Crippen molar-refractivity contribution in [3.63, 3.8) is 0 Å². The van der Waals surface area contributed by atoms with Gasteiger partial charge in [-0.05, 0) is 78.8 Å². The van der Waals surface area contributed by atoms with Crippen molar-refractivity contribution in [2.75, 3.05) is 10.6 Å². The summed E-state index contributed by atoms with van der Waals surface area (Å²) in [5.41, 5.74) is -2.08.